The number of carbonyl (C=O) groups is 1. The largest absolute Gasteiger partial charge is 0.490 e. The maximum atomic E-state index is 11.5. The van der Waals surface area contributed by atoms with Crippen LogP contribution < -0.4 is 15.4 Å². The van der Waals surface area contributed by atoms with Gasteiger partial charge in [0.15, 0.2) is 5.75 Å². The van der Waals surface area contributed by atoms with Crippen LogP contribution in [0.4, 0.5) is 11.4 Å². The fraction of sp³-hybridized carbons (Fsp3) is 0.462. The van der Waals surface area contributed by atoms with E-state index in [9.17, 15) is 14.9 Å². The van der Waals surface area contributed by atoms with Crippen LogP contribution in [0.15, 0.2) is 18.2 Å². The number of para-hydroxylation sites is 1. The van der Waals surface area contributed by atoms with Crippen molar-refractivity contribution in [3.63, 3.8) is 0 Å². The molecule has 2 N–H and O–H groups in total. The van der Waals surface area contributed by atoms with Crippen LogP contribution in [-0.4, -0.2) is 44.7 Å². The monoisotopic (exact) mass is 297 g/mol. The molecule has 1 aromatic carbocycles. The van der Waals surface area contributed by atoms with Gasteiger partial charge >= 0.3 is 5.69 Å². The first-order valence-electron chi connectivity index (χ1n) is 6.41. The maximum absolute atomic E-state index is 11.5. The minimum Gasteiger partial charge on any atom is -0.490 e. The van der Waals surface area contributed by atoms with Gasteiger partial charge in [-0.1, -0.05) is 6.07 Å². The molecule has 0 heterocycles. The van der Waals surface area contributed by atoms with E-state index >= 15 is 0 Å². The predicted molar refractivity (Wildman–Crippen MR) is 77.6 cm³/mol. The van der Waals surface area contributed by atoms with E-state index in [1.165, 1.54) is 13.2 Å². The van der Waals surface area contributed by atoms with Gasteiger partial charge in [-0.15, -0.1) is 0 Å². The second-order valence-electron chi connectivity index (χ2n) is 4.13. The summed E-state index contributed by atoms with van der Waals surface area (Å²) in [5.41, 5.74) is 0.184. The fourth-order valence-electron chi connectivity index (χ4n) is 1.71. The number of carbonyl (C=O) groups excluding carboxylic acids is 1. The van der Waals surface area contributed by atoms with Gasteiger partial charge in [0.2, 0.25) is 5.91 Å². The zero-order valence-electron chi connectivity index (χ0n) is 12.0. The molecule has 8 heteroatoms. The number of amides is 1. The third kappa shape index (κ3) is 5.27. The molecule has 0 saturated heterocycles. The van der Waals surface area contributed by atoms with Crippen LogP contribution in [0.25, 0.3) is 0 Å². The van der Waals surface area contributed by atoms with E-state index in [0.29, 0.717) is 18.8 Å². The summed E-state index contributed by atoms with van der Waals surface area (Å²) in [4.78, 5) is 22.0. The number of hydrogen-bond donors (Lipinski definition) is 2. The standard InChI is InChI=1S/C13H19N3O5/c1-20-9-8-15-12(17)6-7-14-10-4-3-5-11(21-2)13(10)16(18)19/h3-5,14H,6-9H2,1-2H3,(H,15,17). The summed E-state index contributed by atoms with van der Waals surface area (Å²) >= 11 is 0. The molecule has 0 saturated carbocycles. The van der Waals surface area contributed by atoms with Crippen molar-refractivity contribution >= 4 is 17.3 Å². The number of anilines is 1. The van der Waals surface area contributed by atoms with Gasteiger partial charge < -0.3 is 20.1 Å². The lowest BCUT2D eigenvalue weighted by Gasteiger charge is -2.09. The summed E-state index contributed by atoms with van der Waals surface area (Å²) in [5.74, 6) is 0.0274. The van der Waals surface area contributed by atoms with Gasteiger partial charge in [0.25, 0.3) is 0 Å². The Morgan fingerprint density at radius 3 is 2.71 bits per heavy atom. The highest BCUT2D eigenvalue weighted by Gasteiger charge is 2.20. The SMILES string of the molecule is COCCNC(=O)CCNc1cccc(OC)c1[N+](=O)[O-]. The number of nitrogens with one attached hydrogen (secondary N) is 2. The van der Waals surface area contributed by atoms with Crippen molar-refractivity contribution in [3.05, 3.63) is 28.3 Å². The molecule has 1 amide bonds. The Kier molecular flexibility index (Phi) is 6.96. The second-order valence-corrected chi connectivity index (χ2v) is 4.13. The van der Waals surface area contributed by atoms with Crippen molar-refractivity contribution in [2.75, 3.05) is 39.2 Å². The topological polar surface area (TPSA) is 103 Å². The molecule has 8 nitrogen and oxygen atoms in total. The molecule has 1 aromatic rings. The van der Waals surface area contributed by atoms with Gasteiger partial charge in [0, 0.05) is 26.6 Å². The molecular weight excluding hydrogens is 278 g/mol. The van der Waals surface area contributed by atoms with E-state index in [2.05, 4.69) is 10.6 Å². The van der Waals surface area contributed by atoms with Crippen LogP contribution in [0.3, 0.4) is 0 Å². The van der Waals surface area contributed by atoms with Gasteiger partial charge in [0.05, 0.1) is 18.6 Å². The predicted octanol–water partition coefficient (Wildman–Crippen LogP) is 1.17. The Bertz CT molecular complexity index is 493. The molecule has 0 aliphatic carbocycles. The number of hydrogen-bond acceptors (Lipinski definition) is 6. The van der Waals surface area contributed by atoms with Crippen molar-refractivity contribution < 1.29 is 19.2 Å². The van der Waals surface area contributed by atoms with Gasteiger partial charge in [-0.3, -0.25) is 14.9 Å². The molecule has 0 fully saturated rings. The Balaban J connectivity index is 2.56. The molecular formula is C13H19N3O5. The summed E-state index contributed by atoms with van der Waals surface area (Å²) in [6.45, 7) is 1.17. The Labute approximate surface area is 122 Å². The number of rotatable bonds is 9. The molecule has 0 bridgehead atoms. The lowest BCUT2D eigenvalue weighted by Crippen LogP contribution is -2.28. The van der Waals surface area contributed by atoms with E-state index in [4.69, 9.17) is 9.47 Å². The summed E-state index contributed by atoms with van der Waals surface area (Å²) in [7, 11) is 2.92. The molecule has 21 heavy (non-hydrogen) atoms. The van der Waals surface area contributed by atoms with E-state index in [1.807, 2.05) is 0 Å². The van der Waals surface area contributed by atoms with E-state index in [1.54, 1.807) is 19.2 Å². The van der Waals surface area contributed by atoms with Crippen LogP contribution in [0.1, 0.15) is 6.42 Å². The van der Waals surface area contributed by atoms with Crippen LogP contribution in [-0.2, 0) is 9.53 Å². The van der Waals surface area contributed by atoms with Crippen molar-refractivity contribution in [3.8, 4) is 5.75 Å². The average Bonchev–Trinajstić information content (AvgIpc) is 2.47. The number of nitro benzene ring substituents is 1. The highest BCUT2D eigenvalue weighted by atomic mass is 16.6. The summed E-state index contributed by atoms with van der Waals surface area (Å²) in [5, 5.41) is 16.6. The molecule has 0 aliphatic rings. The zero-order chi connectivity index (χ0) is 15.7. The number of nitrogens with zero attached hydrogens (tertiary/aromatic N) is 1. The smallest absolute Gasteiger partial charge is 0.333 e. The lowest BCUT2D eigenvalue weighted by molar-refractivity contribution is -0.384. The second kappa shape index (κ2) is 8.75. The van der Waals surface area contributed by atoms with Gasteiger partial charge in [-0.05, 0) is 12.1 Å². The normalized spacial score (nSPS) is 10.0. The lowest BCUT2D eigenvalue weighted by atomic mass is 10.2. The quantitative estimate of drug-likeness (QED) is 0.403. The zero-order valence-corrected chi connectivity index (χ0v) is 12.0. The molecule has 0 aliphatic heterocycles. The average molecular weight is 297 g/mol. The molecule has 0 aromatic heterocycles. The molecule has 0 radical (unpaired) electrons. The van der Waals surface area contributed by atoms with E-state index in [0.717, 1.165) is 0 Å². The molecule has 0 atom stereocenters. The Hall–Kier alpha value is -2.35. The fourth-order valence-corrected chi connectivity index (χ4v) is 1.71. The maximum Gasteiger partial charge on any atom is 0.333 e. The number of ether oxygens (including phenoxy) is 2. The van der Waals surface area contributed by atoms with Gasteiger partial charge in [-0.2, -0.15) is 0 Å². The summed E-state index contributed by atoms with van der Waals surface area (Å²) in [6.07, 6.45) is 0.206. The van der Waals surface area contributed by atoms with Crippen LogP contribution in [0.2, 0.25) is 0 Å². The third-order valence-corrected chi connectivity index (χ3v) is 2.70. The van der Waals surface area contributed by atoms with E-state index in [-0.39, 0.29) is 30.3 Å². The minimum atomic E-state index is -0.514. The summed E-state index contributed by atoms with van der Waals surface area (Å²) < 4.78 is 9.78. The molecule has 0 unspecified atom stereocenters. The van der Waals surface area contributed by atoms with Gasteiger partial charge in [-0.25, -0.2) is 0 Å². The van der Waals surface area contributed by atoms with Crippen molar-refractivity contribution in [1.82, 2.24) is 5.32 Å². The van der Waals surface area contributed by atoms with Crippen LogP contribution >= 0.6 is 0 Å². The first-order chi connectivity index (χ1) is 10.1. The molecule has 116 valence electrons. The van der Waals surface area contributed by atoms with Crippen LogP contribution in [0.5, 0.6) is 5.75 Å². The first-order valence-corrected chi connectivity index (χ1v) is 6.41. The minimum absolute atomic E-state index is 0.139. The highest BCUT2D eigenvalue weighted by Crippen LogP contribution is 2.34. The van der Waals surface area contributed by atoms with Crippen molar-refractivity contribution in [2.45, 2.75) is 6.42 Å². The number of benzene rings is 1. The third-order valence-electron chi connectivity index (χ3n) is 2.70. The van der Waals surface area contributed by atoms with Crippen molar-refractivity contribution in [1.29, 1.82) is 0 Å². The van der Waals surface area contributed by atoms with E-state index < -0.39 is 4.92 Å². The van der Waals surface area contributed by atoms with Crippen molar-refractivity contribution in [2.24, 2.45) is 0 Å². The Morgan fingerprint density at radius 2 is 2.10 bits per heavy atom. The van der Waals surface area contributed by atoms with Crippen LogP contribution in [0, 0.1) is 10.1 Å². The molecule has 1 rings (SSSR count). The summed E-state index contributed by atoms with van der Waals surface area (Å²) in [6, 6.07) is 4.73. The van der Waals surface area contributed by atoms with Gasteiger partial charge in [0.1, 0.15) is 5.69 Å². The Morgan fingerprint density at radius 1 is 1.33 bits per heavy atom. The highest BCUT2D eigenvalue weighted by molar-refractivity contribution is 5.77. The number of methoxy groups -OCH3 is 2. The molecule has 0 spiro atoms. The number of nitro groups is 1. The first kappa shape index (κ1) is 16.7.